The zero-order valence-corrected chi connectivity index (χ0v) is 11.3. The molecule has 5 heteroatoms. The summed E-state index contributed by atoms with van der Waals surface area (Å²) < 4.78 is 0. The van der Waals surface area contributed by atoms with E-state index in [0.29, 0.717) is 23.8 Å². The quantitative estimate of drug-likeness (QED) is 0.718. The van der Waals surface area contributed by atoms with Crippen LogP contribution in [-0.2, 0) is 13.2 Å². The van der Waals surface area contributed by atoms with Crippen molar-refractivity contribution in [2.45, 2.75) is 33.0 Å². The van der Waals surface area contributed by atoms with Gasteiger partial charge in [-0.1, -0.05) is 0 Å². The number of aliphatic hydroxyl groups excluding tert-OH is 1. The second-order valence-corrected chi connectivity index (χ2v) is 5.00. The van der Waals surface area contributed by atoms with Gasteiger partial charge in [0.05, 0.1) is 12.3 Å². The van der Waals surface area contributed by atoms with Crippen LogP contribution in [0.1, 0.15) is 23.7 Å². The zero-order valence-electron chi connectivity index (χ0n) is 10.5. The van der Waals surface area contributed by atoms with Crippen molar-refractivity contribution in [3.05, 3.63) is 23.0 Å². The van der Waals surface area contributed by atoms with Crippen molar-refractivity contribution in [2.24, 2.45) is 0 Å². The van der Waals surface area contributed by atoms with Crippen molar-refractivity contribution in [1.82, 2.24) is 10.3 Å². The first-order chi connectivity index (χ1) is 8.10. The third-order valence-corrected chi connectivity index (χ3v) is 3.48. The second kappa shape index (κ2) is 6.83. The Morgan fingerprint density at radius 1 is 1.53 bits per heavy atom. The van der Waals surface area contributed by atoms with Crippen LogP contribution in [0, 0.1) is 6.92 Å². The number of nitrogens with one attached hydrogen (secondary N) is 1. The highest BCUT2D eigenvalue weighted by atomic mass is 32.2. The van der Waals surface area contributed by atoms with E-state index in [2.05, 4.69) is 23.5 Å². The number of rotatable bonds is 6. The number of pyridine rings is 1. The molecule has 0 fully saturated rings. The Balaban J connectivity index is 2.78. The number of nitrogens with zero attached hydrogens (tertiary/aromatic N) is 1. The molecule has 0 saturated heterocycles. The maximum absolute atomic E-state index is 9.93. The molecule has 1 aromatic heterocycles. The lowest BCUT2D eigenvalue weighted by Crippen LogP contribution is -2.28. The average molecular weight is 256 g/mol. The van der Waals surface area contributed by atoms with Crippen molar-refractivity contribution in [3.63, 3.8) is 0 Å². The number of hydrogen-bond acceptors (Lipinski definition) is 5. The molecule has 0 aromatic carbocycles. The summed E-state index contributed by atoms with van der Waals surface area (Å²) in [6.07, 6.45) is 3.68. The number of aryl methyl sites for hydroxylation is 1. The van der Waals surface area contributed by atoms with Gasteiger partial charge in [-0.05, 0) is 20.1 Å². The Bertz CT molecular complexity index is 372. The van der Waals surface area contributed by atoms with Gasteiger partial charge in [0.25, 0.3) is 0 Å². The number of hydrogen-bond donors (Lipinski definition) is 3. The van der Waals surface area contributed by atoms with Gasteiger partial charge in [-0.15, -0.1) is 0 Å². The molecule has 0 bridgehead atoms. The van der Waals surface area contributed by atoms with E-state index in [1.165, 1.54) is 0 Å². The molecule has 0 radical (unpaired) electrons. The molecule has 17 heavy (non-hydrogen) atoms. The summed E-state index contributed by atoms with van der Waals surface area (Å²) in [5, 5.41) is 22.5. The Kier molecular flexibility index (Phi) is 5.74. The molecule has 0 saturated carbocycles. The van der Waals surface area contributed by atoms with Crippen molar-refractivity contribution >= 4 is 11.8 Å². The summed E-state index contributed by atoms with van der Waals surface area (Å²) in [5.74, 6) is 1.19. The van der Waals surface area contributed by atoms with E-state index in [4.69, 9.17) is 0 Å². The van der Waals surface area contributed by atoms with Crippen LogP contribution < -0.4 is 5.32 Å². The topological polar surface area (TPSA) is 65.4 Å². The lowest BCUT2D eigenvalue weighted by atomic mass is 10.1. The monoisotopic (exact) mass is 256 g/mol. The lowest BCUT2D eigenvalue weighted by molar-refractivity contribution is 0.278. The van der Waals surface area contributed by atoms with Gasteiger partial charge in [0.2, 0.25) is 0 Å². The third-order valence-electron chi connectivity index (χ3n) is 2.64. The van der Waals surface area contributed by atoms with E-state index in [0.717, 1.165) is 11.3 Å². The average Bonchev–Trinajstić information content (AvgIpc) is 2.31. The molecule has 3 N–H and O–H groups in total. The summed E-state index contributed by atoms with van der Waals surface area (Å²) >= 11 is 1.78. The van der Waals surface area contributed by atoms with Crippen LogP contribution >= 0.6 is 11.8 Å². The first-order valence-electron chi connectivity index (χ1n) is 5.59. The minimum atomic E-state index is -0.102. The van der Waals surface area contributed by atoms with E-state index in [-0.39, 0.29) is 12.4 Å². The standard InChI is InChI=1S/C12H20N2O2S/c1-8(7-17-3)13-5-11-10(6-15)4-14-9(2)12(11)16/h4,8,13,15-16H,5-7H2,1-3H3. The van der Waals surface area contributed by atoms with Gasteiger partial charge in [-0.3, -0.25) is 4.98 Å². The first-order valence-corrected chi connectivity index (χ1v) is 6.99. The van der Waals surface area contributed by atoms with Crippen LogP contribution in [-0.4, -0.2) is 33.2 Å². The van der Waals surface area contributed by atoms with Crippen molar-refractivity contribution in [2.75, 3.05) is 12.0 Å². The molecule has 0 aliphatic carbocycles. The number of aromatic nitrogens is 1. The highest BCUT2D eigenvalue weighted by Crippen LogP contribution is 2.23. The molecule has 0 spiro atoms. The Morgan fingerprint density at radius 3 is 2.82 bits per heavy atom. The van der Waals surface area contributed by atoms with E-state index in [9.17, 15) is 10.2 Å². The Hall–Kier alpha value is -0.780. The van der Waals surface area contributed by atoms with E-state index in [1.807, 2.05) is 0 Å². The Labute approximate surface area is 106 Å². The minimum absolute atomic E-state index is 0.102. The third kappa shape index (κ3) is 3.87. The molecule has 0 aliphatic heterocycles. The Morgan fingerprint density at radius 2 is 2.24 bits per heavy atom. The van der Waals surface area contributed by atoms with E-state index >= 15 is 0 Å². The van der Waals surface area contributed by atoms with Gasteiger partial charge in [0.15, 0.2) is 0 Å². The van der Waals surface area contributed by atoms with Crippen LogP contribution in [0.4, 0.5) is 0 Å². The molecule has 1 rings (SSSR count). The van der Waals surface area contributed by atoms with Crippen molar-refractivity contribution in [1.29, 1.82) is 0 Å². The van der Waals surface area contributed by atoms with Crippen LogP contribution in [0.3, 0.4) is 0 Å². The van der Waals surface area contributed by atoms with Crippen molar-refractivity contribution in [3.8, 4) is 5.75 Å². The predicted molar refractivity (Wildman–Crippen MR) is 71.2 cm³/mol. The van der Waals surface area contributed by atoms with Gasteiger partial charge in [-0.25, -0.2) is 0 Å². The summed E-state index contributed by atoms with van der Waals surface area (Å²) in [5.41, 5.74) is 2.02. The number of thioether (sulfide) groups is 1. The molecule has 0 aliphatic rings. The minimum Gasteiger partial charge on any atom is -0.506 e. The van der Waals surface area contributed by atoms with Gasteiger partial charge >= 0.3 is 0 Å². The predicted octanol–water partition coefficient (Wildman–Crippen LogP) is 1.43. The molecule has 1 aromatic rings. The smallest absolute Gasteiger partial charge is 0.141 e. The van der Waals surface area contributed by atoms with E-state index in [1.54, 1.807) is 24.9 Å². The summed E-state index contributed by atoms with van der Waals surface area (Å²) in [7, 11) is 0. The lowest BCUT2D eigenvalue weighted by Gasteiger charge is -2.16. The van der Waals surface area contributed by atoms with Gasteiger partial charge < -0.3 is 15.5 Å². The molecule has 0 amide bonds. The SMILES string of the molecule is CSCC(C)NCc1c(CO)cnc(C)c1O. The first kappa shape index (κ1) is 14.3. The normalized spacial score (nSPS) is 12.7. The fraction of sp³-hybridized carbons (Fsp3) is 0.583. The fourth-order valence-electron chi connectivity index (χ4n) is 1.60. The van der Waals surface area contributed by atoms with Gasteiger partial charge in [0, 0.05) is 35.7 Å². The second-order valence-electron chi connectivity index (χ2n) is 4.09. The molecule has 1 atom stereocenters. The van der Waals surface area contributed by atoms with Gasteiger partial charge in [0.1, 0.15) is 5.75 Å². The van der Waals surface area contributed by atoms with Crippen molar-refractivity contribution < 1.29 is 10.2 Å². The molecule has 96 valence electrons. The summed E-state index contributed by atoms with van der Waals surface area (Å²) in [4.78, 5) is 4.03. The highest BCUT2D eigenvalue weighted by molar-refractivity contribution is 7.98. The van der Waals surface area contributed by atoms with Crippen LogP contribution in [0.2, 0.25) is 0 Å². The molecule has 1 unspecified atom stereocenters. The molecule has 4 nitrogen and oxygen atoms in total. The van der Waals surface area contributed by atoms with E-state index < -0.39 is 0 Å². The van der Waals surface area contributed by atoms with Crippen LogP contribution in [0.5, 0.6) is 5.75 Å². The van der Waals surface area contributed by atoms with Crippen LogP contribution in [0.15, 0.2) is 6.20 Å². The highest BCUT2D eigenvalue weighted by Gasteiger charge is 2.12. The van der Waals surface area contributed by atoms with Gasteiger partial charge in [-0.2, -0.15) is 11.8 Å². The maximum atomic E-state index is 9.93. The summed E-state index contributed by atoms with van der Waals surface area (Å²) in [6, 6.07) is 0.365. The zero-order chi connectivity index (χ0) is 12.8. The maximum Gasteiger partial charge on any atom is 0.141 e. The largest absolute Gasteiger partial charge is 0.506 e. The number of aromatic hydroxyl groups is 1. The fourth-order valence-corrected chi connectivity index (χ4v) is 2.22. The number of aliphatic hydroxyl groups is 1. The molecular formula is C12H20N2O2S. The molecule has 1 heterocycles. The summed E-state index contributed by atoms with van der Waals surface area (Å²) in [6.45, 7) is 4.30. The molecular weight excluding hydrogens is 236 g/mol. The van der Waals surface area contributed by atoms with Crippen LogP contribution in [0.25, 0.3) is 0 Å².